The molecule has 1 aromatic heterocycles. The minimum Gasteiger partial charge on any atom is -0.394 e. The van der Waals surface area contributed by atoms with Crippen molar-refractivity contribution in [3.05, 3.63) is 82.6 Å². The van der Waals surface area contributed by atoms with E-state index in [4.69, 9.17) is 0 Å². The average molecular weight is 322 g/mol. The van der Waals surface area contributed by atoms with Crippen LogP contribution in [-0.4, -0.2) is 22.2 Å². The Bertz CT molecular complexity index is 903. The number of hydrogen-bond donors (Lipinski definition) is 2. The summed E-state index contributed by atoms with van der Waals surface area (Å²) in [7, 11) is 0. The van der Waals surface area contributed by atoms with E-state index in [0.717, 1.165) is 5.56 Å². The number of amides is 1. The Morgan fingerprint density at radius 1 is 1.04 bits per heavy atom. The zero-order valence-electron chi connectivity index (χ0n) is 13.1. The van der Waals surface area contributed by atoms with Crippen molar-refractivity contribution < 1.29 is 9.90 Å². The first-order valence-corrected chi connectivity index (χ1v) is 7.72. The number of carbonyl (C=O) groups is 1. The predicted molar refractivity (Wildman–Crippen MR) is 92.6 cm³/mol. The third-order valence-corrected chi connectivity index (χ3v) is 3.92. The second-order valence-corrected chi connectivity index (χ2v) is 5.54. The SMILES string of the molecule is O=C(Cn1ccc(=O)c2ccccc21)N[C@H](CO)c1ccccc1. The molecule has 0 unspecified atom stereocenters. The Balaban J connectivity index is 1.80. The number of carbonyl (C=O) groups excluding carboxylic acids is 1. The molecule has 0 aliphatic rings. The molecule has 24 heavy (non-hydrogen) atoms. The summed E-state index contributed by atoms with van der Waals surface area (Å²) >= 11 is 0. The van der Waals surface area contributed by atoms with Crippen LogP contribution in [-0.2, 0) is 11.3 Å². The monoisotopic (exact) mass is 322 g/mol. The zero-order chi connectivity index (χ0) is 16.9. The molecule has 0 aliphatic heterocycles. The number of para-hydroxylation sites is 1. The topological polar surface area (TPSA) is 71.3 Å². The third kappa shape index (κ3) is 3.36. The Labute approximate surface area is 139 Å². The Hall–Kier alpha value is -2.92. The number of nitrogens with zero attached hydrogens (tertiary/aromatic N) is 1. The van der Waals surface area contributed by atoms with E-state index in [2.05, 4.69) is 5.32 Å². The first-order valence-electron chi connectivity index (χ1n) is 7.72. The van der Waals surface area contributed by atoms with Gasteiger partial charge in [0.25, 0.3) is 0 Å². The van der Waals surface area contributed by atoms with Gasteiger partial charge in [-0.25, -0.2) is 0 Å². The number of fused-ring (bicyclic) bond motifs is 1. The van der Waals surface area contributed by atoms with Crippen molar-refractivity contribution in [1.29, 1.82) is 0 Å². The normalized spacial score (nSPS) is 12.0. The molecule has 0 bridgehead atoms. The maximum absolute atomic E-state index is 12.4. The molecule has 1 amide bonds. The van der Waals surface area contributed by atoms with Gasteiger partial charge in [-0.05, 0) is 17.7 Å². The van der Waals surface area contributed by atoms with Gasteiger partial charge in [-0.2, -0.15) is 0 Å². The van der Waals surface area contributed by atoms with E-state index < -0.39 is 6.04 Å². The number of rotatable bonds is 5. The van der Waals surface area contributed by atoms with Crippen molar-refractivity contribution in [3.63, 3.8) is 0 Å². The summed E-state index contributed by atoms with van der Waals surface area (Å²) < 4.78 is 1.73. The number of benzene rings is 2. The molecular formula is C19H18N2O3. The molecule has 1 heterocycles. The lowest BCUT2D eigenvalue weighted by molar-refractivity contribution is -0.122. The zero-order valence-corrected chi connectivity index (χ0v) is 13.1. The molecular weight excluding hydrogens is 304 g/mol. The molecule has 2 N–H and O–H groups in total. The summed E-state index contributed by atoms with van der Waals surface area (Å²) in [5.41, 5.74) is 1.48. The van der Waals surface area contributed by atoms with Crippen LogP contribution in [0, 0.1) is 0 Å². The second-order valence-electron chi connectivity index (χ2n) is 5.54. The van der Waals surface area contributed by atoms with Gasteiger partial charge in [0.05, 0.1) is 18.2 Å². The Morgan fingerprint density at radius 3 is 2.50 bits per heavy atom. The predicted octanol–water partition coefficient (Wildman–Crippen LogP) is 1.85. The van der Waals surface area contributed by atoms with Crippen LogP contribution >= 0.6 is 0 Å². The smallest absolute Gasteiger partial charge is 0.240 e. The van der Waals surface area contributed by atoms with E-state index in [9.17, 15) is 14.7 Å². The number of nitrogens with one attached hydrogen (secondary N) is 1. The maximum Gasteiger partial charge on any atom is 0.240 e. The van der Waals surface area contributed by atoms with E-state index in [1.54, 1.807) is 22.9 Å². The van der Waals surface area contributed by atoms with Crippen LogP contribution in [0.5, 0.6) is 0 Å². The first kappa shape index (κ1) is 16.0. The molecule has 0 aliphatic carbocycles. The number of aliphatic hydroxyl groups excluding tert-OH is 1. The highest BCUT2D eigenvalue weighted by Crippen LogP contribution is 2.13. The van der Waals surface area contributed by atoms with Gasteiger partial charge < -0.3 is 15.0 Å². The van der Waals surface area contributed by atoms with Gasteiger partial charge in [0, 0.05) is 17.6 Å². The molecule has 0 saturated carbocycles. The molecule has 2 aromatic carbocycles. The lowest BCUT2D eigenvalue weighted by Crippen LogP contribution is -2.33. The van der Waals surface area contributed by atoms with Gasteiger partial charge in [-0.1, -0.05) is 42.5 Å². The summed E-state index contributed by atoms with van der Waals surface area (Å²) in [6.07, 6.45) is 1.61. The van der Waals surface area contributed by atoms with E-state index >= 15 is 0 Å². The van der Waals surface area contributed by atoms with E-state index in [-0.39, 0.29) is 24.5 Å². The van der Waals surface area contributed by atoms with Gasteiger partial charge in [0.15, 0.2) is 5.43 Å². The number of aliphatic hydroxyl groups is 1. The van der Waals surface area contributed by atoms with Gasteiger partial charge in [-0.3, -0.25) is 9.59 Å². The lowest BCUT2D eigenvalue weighted by Gasteiger charge is -2.18. The van der Waals surface area contributed by atoms with Crippen LogP contribution in [0.25, 0.3) is 10.9 Å². The van der Waals surface area contributed by atoms with Crippen molar-refractivity contribution in [2.45, 2.75) is 12.6 Å². The van der Waals surface area contributed by atoms with E-state index in [1.165, 1.54) is 6.07 Å². The van der Waals surface area contributed by atoms with E-state index in [1.807, 2.05) is 42.5 Å². The maximum atomic E-state index is 12.4. The van der Waals surface area contributed by atoms with Crippen molar-refractivity contribution in [2.24, 2.45) is 0 Å². The molecule has 1 atom stereocenters. The molecule has 5 heteroatoms. The molecule has 3 rings (SSSR count). The molecule has 5 nitrogen and oxygen atoms in total. The second kappa shape index (κ2) is 7.10. The number of pyridine rings is 1. The van der Waals surface area contributed by atoms with Crippen LogP contribution in [0.15, 0.2) is 71.7 Å². The highest BCUT2D eigenvalue weighted by molar-refractivity contribution is 5.82. The molecule has 0 spiro atoms. The molecule has 0 radical (unpaired) electrons. The Morgan fingerprint density at radius 2 is 1.75 bits per heavy atom. The minimum atomic E-state index is -0.454. The van der Waals surface area contributed by atoms with Crippen molar-refractivity contribution in [3.8, 4) is 0 Å². The summed E-state index contributed by atoms with van der Waals surface area (Å²) in [6.45, 7) is -0.106. The van der Waals surface area contributed by atoms with Crippen LogP contribution < -0.4 is 10.7 Å². The van der Waals surface area contributed by atoms with Crippen LogP contribution in [0.3, 0.4) is 0 Å². The van der Waals surface area contributed by atoms with Crippen molar-refractivity contribution in [2.75, 3.05) is 6.61 Å². The van der Waals surface area contributed by atoms with Crippen LogP contribution in [0.2, 0.25) is 0 Å². The third-order valence-electron chi connectivity index (χ3n) is 3.92. The van der Waals surface area contributed by atoms with Crippen LogP contribution in [0.4, 0.5) is 0 Å². The number of aromatic nitrogens is 1. The van der Waals surface area contributed by atoms with Crippen molar-refractivity contribution >= 4 is 16.8 Å². The fourth-order valence-corrected chi connectivity index (χ4v) is 2.71. The van der Waals surface area contributed by atoms with E-state index in [0.29, 0.717) is 10.9 Å². The fraction of sp³-hybridized carbons (Fsp3) is 0.158. The van der Waals surface area contributed by atoms with Crippen molar-refractivity contribution in [1.82, 2.24) is 9.88 Å². The number of hydrogen-bond acceptors (Lipinski definition) is 3. The highest BCUT2D eigenvalue weighted by atomic mass is 16.3. The quantitative estimate of drug-likeness (QED) is 0.753. The molecule has 0 fully saturated rings. The molecule has 0 saturated heterocycles. The fourth-order valence-electron chi connectivity index (χ4n) is 2.71. The standard InChI is InChI=1S/C19H18N2O3/c22-13-16(14-6-2-1-3-7-14)20-19(24)12-21-11-10-18(23)15-8-4-5-9-17(15)21/h1-11,16,22H,12-13H2,(H,20,24)/t16-/m1/s1. The average Bonchev–Trinajstić information content (AvgIpc) is 2.63. The lowest BCUT2D eigenvalue weighted by atomic mass is 10.1. The van der Waals surface area contributed by atoms with Gasteiger partial charge in [0.1, 0.15) is 6.54 Å². The molecule has 3 aromatic rings. The van der Waals surface area contributed by atoms with Crippen LogP contribution in [0.1, 0.15) is 11.6 Å². The first-order chi connectivity index (χ1) is 11.7. The largest absolute Gasteiger partial charge is 0.394 e. The highest BCUT2D eigenvalue weighted by Gasteiger charge is 2.14. The van der Waals surface area contributed by atoms with Gasteiger partial charge in [0.2, 0.25) is 5.91 Å². The molecule has 122 valence electrons. The Kier molecular flexibility index (Phi) is 4.72. The summed E-state index contributed by atoms with van der Waals surface area (Å²) in [4.78, 5) is 24.2. The minimum absolute atomic E-state index is 0.0696. The summed E-state index contributed by atoms with van der Waals surface area (Å²) in [5.74, 6) is -0.230. The summed E-state index contributed by atoms with van der Waals surface area (Å²) in [6, 6.07) is 17.5. The van der Waals surface area contributed by atoms with Gasteiger partial charge >= 0.3 is 0 Å². The van der Waals surface area contributed by atoms with Gasteiger partial charge in [-0.15, -0.1) is 0 Å². The summed E-state index contributed by atoms with van der Waals surface area (Å²) in [5, 5.41) is 12.9.